The third-order valence-electron chi connectivity index (χ3n) is 8.51. The van der Waals surface area contributed by atoms with Gasteiger partial charge in [-0.2, -0.15) is 0 Å². The molecule has 1 amide bonds. The molecule has 3 aromatic carbocycles. The van der Waals surface area contributed by atoms with Crippen LogP contribution < -0.4 is 21.1 Å². The first-order valence-electron chi connectivity index (χ1n) is 15.6. The zero-order valence-electron chi connectivity index (χ0n) is 26.9. The highest BCUT2D eigenvalue weighted by molar-refractivity contribution is 6.05. The molecule has 0 spiro atoms. The number of anilines is 4. The van der Waals surface area contributed by atoms with Crippen LogP contribution in [0.15, 0.2) is 83.8 Å². The molecule has 1 aliphatic heterocycles. The maximum absolute atomic E-state index is 13.1. The molecular weight excluding hydrogens is 546 g/mol. The molecule has 0 bridgehead atoms. The summed E-state index contributed by atoms with van der Waals surface area (Å²) in [5, 5.41) is 6.44. The van der Waals surface area contributed by atoms with E-state index in [-0.39, 0.29) is 16.9 Å². The van der Waals surface area contributed by atoms with Crippen LogP contribution in [-0.2, 0) is 12.5 Å². The Morgan fingerprint density at radius 1 is 0.886 bits per heavy atom. The van der Waals surface area contributed by atoms with E-state index in [9.17, 15) is 9.59 Å². The van der Waals surface area contributed by atoms with Crippen LogP contribution in [0, 0.1) is 6.92 Å². The number of nitrogens with one attached hydrogen (secondary N) is 2. The fourth-order valence-electron chi connectivity index (χ4n) is 5.81. The Hall–Kier alpha value is -4.36. The Balaban J connectivity index is 1.32. The van der Waals surface area contributed by atoms with Gasteiger partial charge >= 0.3 is 0 Å². The summed E-state index contributed by atoms with van der Waals surface area (Å²) >= 11 is 0. The molecule has 7 heteroatoms. The molecule has 230 valence electrons. The average Bonchev–Trinajstić information content (AvgIpc) is 3.01. The lowest BCUT2D eigenvalue weighted by atomic mass is 9.86. The molecule has 0 unspecified atom stereocenters. The number of nitrogens with zero attached hydrogens (tertiary/aromatic N) is 3. The predicted octanol–water partition coefficient (Wildman–Crippen LogP) is 7.19. The normalized spacial score (nSPS) is 14.0. The molecular formula is C37H45N5O2. The maximum atomic E-state index is 13.1. The van der Waals surface area contributed by atoms with Crippen molar-refractivity contribution in [1.29, 1.82) is 0 Å². The Morgan fingerprint density at radius 2 is 1.57 bits per heavy atom. The molecule has 5 rings (SSSR count). The number of amides is 1. The van der Waals surface area contributed by atoms with E-state index < -0.39 is 0 Å². The lowest BCUT2D eigenvalue weighted by molar-refractivity contribution is 0.102. The summed E-state index contributed by atoms with van der Waals surface area (Å²) in [4.78, 5) is 31.2. The van der Waals surface area contributed by atoms with E-state index in [1.54, 1.807) is 11.6 Å². The molecule has 1 saturated heterocycles. The number of benzene rings is 3. The predicted molar refractivity (Wildman–Crippen MR) is 184 cm³/mol. The van der Waals surface area contributed by atoms with Crippen molar-refractivity contribution in [3.63, 3.8) is 0 Å². The van der Waals surface area contributed by atoms with E-state index in [4.69, 9.17) is 0 Å². The van der Waals surface area contributed by atoms with Gasteiger partial charge in [0.15, 0.2) is 0 Å². The SMILES string of the molecule is CCCN1CCN(c2ccc(Nc3cc(-c4cccc(NC(=O)c5ccc(C(C)(C)C)cc5)c4C)cn(C)c3=O)cc2)CC1. The maximum Gasteiger partial charge on any atom is 0.274 e. The van der Waals surface area contributed by atoms with E-state index in [0.717, 1.165) is 60.8 Å². The molecule has 1 aliphatic rings. The Morgan fingerprint density at radius 3 is 2.20 bits per heavy atom. The van der Waals surface area contributed by atoms with Crippen LogP contribution in [0.1, 0.15) is 55.6 Å². The molecule has 0 radical (unpaired) electrons. The smallest absolute Gasteiger partial charge is 0.274 e. The molecule has 0 saturated carbocycles. The minimum absolute atomic E-state index is 0.0246. The molecule has 2 N–H and O–H groups in total. The largest absolute Gasteiger partial charge is 0.369 e. The van der Waals surface area contributed by atoms with Crippen LogP contribution in [0.5, 0.6) is 0 Å². The van der Waals surface area contributed by atoms with Crippen molar-refractivity contribution in [3.05, 3.63) is 106 Å². The van der Waals surface area contributed by atoms with Gasteiger partial charge in [0, 0.05) is 67.6 Å². The summed E-state index contributed by atoms with van der Waals surface area (Å²) < 4.78 is 1.60. The van der Waals surface area contributed by atoms with E-state index >= 15 is 0 Å². The first-order chi connectivity index (χ1) is 21.0. The van der Waals surface area contributed by atoms with Crippen LogP contribution in [0.25, 0.3) is 11.1 Å². The number of hydrogen-bond donors (Lipinski definition) is 2. The number of pyridine rings is 1. The van der Waals surface area contributed by atoms with Crippen molar-refractivity contribution < 1.29 is 4.79 Å². The number of carbonyl (C=O) groups is 1. The monoisotopic (exact) mass is 591 g/mol. The summed E-state index contributed by atoms with van der Waals surface area (Å²) in [7, 11) is 1.76. The van der Waals surface area contributed by atoms with E-state index in [1.165, 1.54) is 17.7 Å². The number of aromatic nitrogens is 1. The summed E-state index contributed by atoms with van der Waals surface area (Å²) in [6.07, 6.45) is 3.03. The molecule has 0 atom stereocenters. The van der Waals surface area contributed by atoms with Gasteiger partial charge in [-0.3, -0.25) is 14.5 Å². The molecule has 1 fully saturated rings. The van der Waals surface area contributed by atoms with Crippen LogP contribution in [0.2, 0.25) is 0 Å². The Kier molecular flexibility index (Phi) is 9.25. The summed E-state index contributed by atoms with van der Waals surface area (Å²) in [6, 6.07) is 23.8. The van der Waals surface area contributed by atoms with Gasteiger partial charge in [-0.15, -0.1) is 0 Å². The Bertz CT molecular complexity index is 1660. The van der Waals surface area contributed by atoms with E-state index in [0.29, 0.717) is 11.3 Å². The van der Waals surface area contributed by atoms with Crippen molar-refractivity contribution in [2.75, 3.05) is 48.3 Å². The number of aryl methyl sites for hydroxylation is 1. The highest BCUT2D eigenvalue weighted by atomic mass is 16.1. The summed E-state index contributed by atoms with van der Waals surface area (Å²) in [5.74, 6) is -0.153. The van der Waals surface area contributed by atoms with Crippen molar-refractivity contribution in [3.8, 4) is 11.1 Å². The van der Waals surface area contributed by atoms with Gasteiger partial charge in [0.25, 0.3) is 11.5 Å². The standard InChI is InChI=1S/C37H45N5O2/c1-7-19-41-20-22-42(23-21-41)31-17-15-30(16-18-31)38-34-24-28(25-40(6)36(34)44)32-9-8-10-33(26(32)2)39-35(43)27-11-13-29(14-12-27)37(3,4)5/h8-18,24-25,38H,7,19-23H2,1-6H3,(H,39,43). The van der Waals surface area contributed by atoms with Crippen LogP contribution in [0.4, 0.5) is 22.7 Å². The van der Waals surface area contributed by atoms with Gasteiger partial charge in [0.1, 0.15) is 5.69 Å². The zero-order valence-corrected chi connectivity index (χ0v) is 26.9. The summed E-state index contributed by atoms with van der Waals surface area (Å²) in [5.41, 5.74) is 7.78. The van der Waals surface area contributed by atoms with Gasteiger partial charge in [-0.25, -0.2) is 0 Å². The lowest BCUT2D eigenvalue weighted by Gasteiger charge is -2.36. The zero-order chi connectivity index (χ0) is 31.4. The van der Waals surface area contributed by atoms with Crippen molar-refractivity contribution >= 4 is 28.7 Å². The minimum Gasteiger partial charge on any atom is -0.369 e. The first-order valence-corrected chi connectivity index (χ1v) is 15.6. The molecule has 7 nitrogen and oxygen atoms in total. The number of rotatable bonds is 8. The molecule has 0 aliphatic carbocycles. The summed E-state index contributed by atoms with van der Waals surface area (Å²) in [6.45, 7) is 16.1. The van der Waals surface area contributed by atoms with E-state index in [2.05, 4.69) is 60.3 Å². The molecule has 4 aromatic rings. The highest BCUT2D eigenvalue weighted by Gasteiger charge is 2.18. The second kappa shape index (κ2) is 13.1. The van der Waals surface area contributed by atoms with Crippen molar-refractivity contribution in [2.24, 2.45) is 7.05 Å². The number of carbonyl (C=O) groups excluding carboxylic acids is 1. The third-order valence-corrected chi connectivity index (χ3v) is 8.51. The van der Waals surface area contributed by atoms with Crippen molar-refractivity contribution in [2.45, 2.75) is 46.5 Å². The highest BCUT2D eigenvalue weighted by Crippen LogP contribution is 2.31. The molecule has 2 heterocycles. The van der Waals surface area contributed by atoms with Gasteiger partial charge < -0.3 is 20.1 Å². The second-order valence-electron chi connectivity index (χ2n) is 12.8. The number of piperazine rings is 1. The fraction of sp³-hybridized carbons (Fsp3) is 0.351. The first kappa shape index (κ1) is 31.1. The average molecular weight is 592 g/mol. The van der Waals surface area contributed by atoms with Crippen LogP contribution in [0.3, 0.4) is 0 Å². The minimum atomic E-state index is -0.153. The second-order valence-corrected chi connectivity index (χ2v) is 12.8. The fourth-order valence-corrected chi connectivity index (χ4v) is 5.81. The van der Waals surface area contributed by atoms with Crippen molar-refractivity contribution in [1.82, 2.24) is 9.47 Å². The number of hydrogen-bond acceptors (Lipinski definition) is 5. The Labute approximate surface area is 261 Å². The third kappa shape index (κ3) is 7.05. The van der Waals surface area contributed by atoms with E-state index in [1.807, 2.05) is 73.8 Å². The van der Waals surface area contributed by atoms with Gasteiger partial charge in [0.05, 0.1) is 0 Å². The molecule has 44 heavy (non-hydrogen) atoms. The van der Waals surface area contributed by atoms with Gasteiger partial charge in [-0.05, 0) is 90.5 Å². The van der Waals surface area contributed by atoms with Gasteiger partial charge in [0.2, 0.25) is 0 Å². The molecule has 1 aromatic heterocycles. The van der Waals surface area contributed by atoms with Crippen LogP contribution >= 0.6 is 0 Å². The lowest BCUT2D eigenvalue weighted by Crippen LogP contribution is -2.46. The quantitative estimate of drug-likeness (QED) is 0.227. The van der Waals surface area contributed by atoms with Gasteiger partial charge in [-0.1, -0.05) is 52.0 Å². The van der Waals surface area contributed by atoms with Crippen LogP contribution in [-0.4, -0.2) is 48.1 Å². The topological polar surface area (TPSA) is 69.6 Å².